The second-order valence-electron chi connectivity index (χ2n) is 5.03. The Morgan fingerprint density at radius 2 is 2.12 bits per heavy atom. The van der Waals surface area contributed by atoms with Crippen molar-refractivity contribution in [2.24, 2.45) is 11.8 Å². The van der Waals surface area contributed by atoms with Crippen molar-refractivity contribution in [3.8, 4) is 0 Å². The fourth-order valence-electron chi connectivity index (χ4n) is 1.63. The van der Waals surface area contributed by atoms with Crippen LogP contribution in [0.15, 0.2) is 18.5 Å². The van der Waals surface area contributed by atoms with Crippen LogP contribution >= 0.6 is 0 Å². The molecule has 1 heterocycles. The summed E-state index contributed by atoms with van der Waals surface area (Å²) in [7, 11) is 0. The number of hydrogen-bond donors (Lipinski definition) is 2. The third-order valence-electron chi connectivity index (χ3n) is 2.53. The summed E-state index contributed by atoms with van der Waals surface area (Å²) >= 11 is 0. The molecular weight excluding hydrogens is 200 g/mol. The van der Waals surface area contributed by atoms with Gasteiger partial charge in [0.05, 0.1) is 0 Å². The molecule has 1 aromatic rings. The molecule has 0 aliphatic heterocycles. The molecule has 3 heteroatoms. The minimum absolute atomic E-state index is 0.249. The smallest absolute Gasteiger partial charge is 0.0473 e. The maximum atomic E-state index is 8.98. The minimum Gasteiger partial charge on any atom is -0.396 e. The van der Waals surface area contributed by atoms with Crippen molar-refractivity contribution in [2.75, 3.05) is 13.2 Å². The number of hydrogen-bond acceptors (Lipinski definition) is 2. The Labute approximate surface area is 98.5 Å². The minimum atomic E-state index is 0.249. The second kappa shape index (κ2) is 6.71. The van der Waals surface area contributed by atoms with E-state index in [1.54, 1.807) is 0 Å². The van der Waals surface area contributed by atoms with Crippen molar-refractivity contribution in [1.29, 1.82) is 0 Å². The number of aromatic nitrogens is 1. The highest BCUT2D eigenvalue weighted by Crippen LogP contribution is 2.05. The van der Waals surface area contributed by atoms with Gasteiger partial charge >= 0.3 is 0 Å². The molecule has 0 radical (unpaired) electrons. The van der Waals surface area contributed by atoms with Crippen LogP contribution in [0.1, 0.15) is 26.3 Å². The lowest BCUT2D eigenvalue weighted by atomic mass is 10.2. The van der Waals surface area contributed by atoms with Gasteiger partial charge in [0.15, 0.2) is 0 Å². The molecule has 2 N–H and O–H groups in total. The van der Waals surface area contributed by atoms with Crippen molar-refractivity contribution in [1.82, 2.24) is 9.88 Å². The normalized spacial score (nSPS) is 13.3. The lowest BCUT2D eigenvalue weighted by Gasteiger charge is -2.08. The molecule has 0 aromatic carbocycles. The van der Waals surface area contributed by atoms with Crippen molar-refractivity contribution in [3.63, 3.8) is 0 Å². The molecule has 0 saturated heterocycles. The fraction of sp³-hybridized carbons (Fsp3) is 0.692. The molecular formula is C13H24N2O. The van der Waals surface area contributed by atoms with Gasteiger partial charge in [-0.25, -0.2) is 0 Å². The zero-order valence-corrected chi connectivity index (χ0v) is 10.6. The van der Waals surface area contributed by atoms with Crippen molar-refractivity contribution >= 4 is 0 Å². The third kappa shape index (κ3) is 4.81. The zero-order chi connectivity index (χ0) is 12.0. The van der Waals surface area contributed by atoms with Gasteiger partial charge in [-0.2, -0.15) is 0 Å². The molecule has 16 heavy (non-hydrogen) atoms. The molecule has 0 spiro atoms. The number of nitrogens with zero attached hydrogens (tertiary/aromatic N) is 1. The first-order valence-electron chi connectivity index (χ1n) is 6.08. The summed E-state index contributed by atoms with van der Waals surface area (Å²) in [5.74, 6) is 1.01. The summed E-state index contributed by atoms with van der Waals surface area (Å²) in [4.78, 5) is 0. The summed E-state index contributed by atoms with van der Waals surface area (Å²) in [6.45, 7) is 9.59. The van der Waals surface area contributed by atoms with E-state index in [4.69, 9.17) is 5.11 Å². The molecule has 0 aliphatic carbocycles. The van der Waals surface area contributed by atoms with Crippen LogP contribution in [0.4, 0.5) is 0 Å². The molecule has 1 unspecified atom stereocenters. The van der Waals surface area contributed by atoms with Crippen LogP contribution < -0.4 is 5.32 Å². The highest BCUT2D eigenvalue weighted by molar-refractivity contribution is 5.09. The van der Waals surface area contributed by atoms with E-state index in [9.17, 15) is 0 Å². The van der Waals surface area contributed by atoms with E-state index >= 15 is 0 Å². The summed E-state index contributed by atoms with van der Waals surface area (Å²) in [6.07, 6.45) is 4.23. The maximum Gasteiger partial charge on any atom is 0.0473 e. The molecule has 92 valence electrons. The van der Waals surface area contributed by atoms with E-state index in [1.807, 2.05) is 0 Å². The number of nitrogens with one attached hydrogen (secondary N) is 1. The molecule has 0 fully saturated rings. The van der Waals surface area contributed by atoms with Crippen LogP contribution in [0.25, 0.3) is 0 Å². The summed E-state index contributed by atoms with van der Waals surface area (Å²) in [5, 5.41) is 12.4. The first-order valence-corrected chi connectivity index (χ1v) is 6.08. The van der Waals surface area contributed by atoms with Gasteiger partial charge in [0.25, 0.3) is 0 Å². The Balaban J connectivity index is 2.33. The number of rotatable bonds is 7. The first-order chi connectivity index (χ1) is 7.61. The predicted octanol–water partition coefficient (Wildman–Crippen LogP) is 1.86. The molecule has 0 saturated carbocycles. The van der Waals surface area contributed by atoms with Crippen LogP contribution in [0.5, 0.6) is 0 Å². The van der Waals surface area contributed by atoms with Gasteiger partial charge < -0.3 is 15.0 Å². The molecule has 0 amide bonds. The second-order valence-corrected chi connectivity index (χ2v) is 5.03. The monoisotopic (exact) mass is 224 g/mol. The van der Waals surface area contributed by atoms with E-state index in [2.05, 4.69) is 49.1 Å². The third-order valence-corrected chi connectivity index (χ3v) is 2.53. The van der Waals surface area contributed by atoms with Crippen molar-refractivity contribution in [3.05, 3.63) is 24.0 Å². The average Bonchev–Trinajstić information content (AvgIpc) is 2.65. The lowest BCUT2D eigenvalue weighted by molar-refractivity contribution is 0.223. The summed E-state index contributed by atoms with van der Waals surface area (Å²) in [6, 6.07) is 2.14. The first kappa shape index (κ1) is 13.3. The van der Waals surface area contributed by atoms with Gasteiger partial charge in [-0.15, -0.1) is 0 Å². The molecule has 1 atom stereocenters. The Morgan fingerprint density at radius 3 is 2.75 bits per heavy atom. The van der Waals surface area contributed by atoms with Crippen LogP contribution in [-0.2, 0) is 13.1 Å². The van der Waals surface area contributed by atoms with Gasteiger partial charge in [0.1, 0.15) is 0 Å². The van der Waals surface area contributed by atoms with Gasteiger partial charge in [-0.3, -0.25) is 0 Å². The van der Waals surface area contributed by atoms with E-state index in [0.29, 0.717) is 11.8 Å². The Kier molecular flexibility index (Phi) is 5.56. The molecule has 3 nitrogen and oxygen atoms in total. The SMILES string of the molecule is CC(C)CNCc1ccn(CC(C)CO)c1. The van der Waals surface area contributed by atoms with Gasteiger partial charge in [0.2, 0.25) is 0 Å². The van der Waals surface area contributed by atoms with E-state index in [0.717, 1.165) is 19.6 Å². The van der Waals surface area contributed by atoms with Crippen molar-refractivity contribution < 1.29 is 5.11 Å². The molecule has 1 rings (SSSR count). The lowest BCUT2D eigenvalue weighted by Crippen LogP contribution is -2.18. The van der Waals surface area contributed by atoms with Crippen LogP contribution in [-0.4, -0.2) is 22.8 Å². The van der Waals surface area contributed by atoms with E-state index < -0.39 is 0 Å². The zero-order valence-electron chi connectivity index (χ0n) is 10.6. The fourth-order valence-corrected chi connectivity index (χ4v) is 1.63. The Hall–Kier alpha value is -0.800. The van der Waals surface area contributed by atoms with Crippen LogP contribution in [0.3, 0.4) is 0 Å². The largest absolute Gasteiger partial charge is 0.396 e. The van der Waals surface area contributed by atoms with Crippen LogP contribution in [0, 0.1) is 11.8 Å². The van der Waals surface area contributed by atoms with Gasteiger partial charge in [-0.1, -0.05) is 20.8 Å². The van der Waals surface area contributed by atoms with Gasteiger partial charge in [-0.05, 0) is 30.0 Å². The van der Waals surface area contributed by atoms with E-state index in [-0.39, 0.29) is 6.61 Å². The summed E-state index contributed by atoms with van der Waals surface area (Å²) < 4.78 is 2.15. The van der Waals surface area contributed by atoms with Crippen molar-refractivity contribution in [2.45, 2.75) is 33.9 Å². The highest BCUT2D eigenvalue weighted by Gasteiger charge is 2.02. The Morgan fingerprint density at radius 1 is 1.38 bits per heavy atom. The topological polar surface area (TPSA) is 37.2 Å². The molecule has 1 aromatic heterocycles. The standard InChI is InChI=1S/C13H24N2O/c1-11(2)6-14-7-13-4-5-15(9-13)8-12(3)10-16/h4-5,9,11-12,14,16H,6-8,10H2,1-3H3. The number of aliphatic hydroxyl groups is 1. The number of aliphatic hydroxyl groups excluding tert-OH is 1. The molecule has 0 aliphatic rings. The maximum absolute atomic E-state index is 8.98. The highest BCUT2D eigenvalue weighted by atomic mass is 16.3. The quantitative estimate of drug-likeness (QED) is 0.742. The summed E-state index contributed by atoms with van der Waals surface area (Å²) in [5.41, 5.74) is 1.31. The average molecular weight is 224 g/mol. The predicted molar refractivity (Wildman–Crippen MR) is 67.2 cm³/mol. The van der Waals surface area contributed by atoms with Crippen LogP contribution in [0.2, 0.25) is 0 Å². The molecule has 0 bridgehead atoms. The Bertz CT molecular complexity index is 294. The van der Waals surface area contributed by atoms with Gasteiger partial charge in [0, 0.05) is 32.1 Å². The van der Waals surface area contributed by atoms with E-state index in [1.165, 1.54) is 5.56 Å².